The van der Waals surface area contributed by atoms with E-state index in [2.05, 4.69) is 32.6 Å². The highest BCUT2D eigenvalue weighted by Crippen LogP contribution is 2.31. The first-order valence-corrected chi connectivity index (χ1v) is 4.46. The summed E-state index contributed by atoms with van der Waals surface area (Å²) in [4.78, 5) is 0. The SMILES string of the molecule is C=C(C)/C=C\C1=CC(C)(C)C=C1N. The van der Waals surface area contributed by atoms with E-state index in [1.54, 1.807) is 0 Å². The van der Waals surface area contributed by atoms with Crippen LogP contribution in [-0.2, 0) is 0 Å². The van der Waals surface area contributed by atoms with E-state index < -0.39 is 0 Å². The van der Waals surface area contributed by atoms with Crippen LogP contribution in [0, 0.1) is 5.41 Å². The van der Waals surface area contributed by atoms with Crippen LogP contribution >= 0.6 is 0 Å². The Bertz CT molecular complexity index is 314. The lowest BCUT2D eigenvalue weighted by atomic mass is 9.96. The van der Waals surface area contributed by atoms with Crippen molar-refractivity contribution in [2.75, 3.05) is 0 Å². The summed E-state index contributed by atoms with van der Waals surface area (Å²) in [6, 6.07) is 0. The molecule has 0 aliphatic heterocycles. The highest BCUT2D eigenvalue weighted by atomic mass is 14.6. The van der Waals surface area contributed by atoms with Gasteiger partial charge < -0.3 is 5.73 Å². The van der Waals surface area contributed by atoms with Crippen LogP contribution in [0.15, 0.2) is 47.7 Å². The van der Waals surface area contributed by atoms with E-state index in [-0.39, 0.29) is 5.41 Å². The van der Waals surface area contributed by atoms with Crippen molar-refractivity contribution in [2.45, 2.75) is 20.8 Å². The van der Waals surface area contributed by atoms with Crippen LogP contribution in [0.4, 0.5) is 0 Å². The van der Waals surface area contributed by atoms with Crippen molar-refractivity contribution in [3.8, 4) is 0 Å². The Balaban J connectivity index is 2.85. The van der Waals surface area contributed by atoms with Gasteiger partial charge in [0, 0.05) is 11.1 Å². The predicted octanol–water partition coefficient (Wildman–Crippen LogP) is 2.93. The molecule has 0 fully saturated rings. The summed E-state index contributed by atoms with van der Waals surface area (Å²) in [5.74, 6) is 0. The van der Waals surface area contributed by atoms with Gasteiger partial charge in [-0.1, -0.05) is 50.3 Å². The van der Waals surface area contributed by atoms with E-state index in [1.807, 2.05) is 19.1 Å². The molecule has 0 bridgehead atoms. The Kier molecular flexibility index (Phi) is 2.46. The van der Waals surface area contributed by atoms with Gasteiger partial charge in [-0.25, -0.2) is 0 Å². The molecule has 0 saturated heterocycles. The fourth-order valence-corrected chi connectivity index (χ4v) is 1.39. The first kappa shape index (κ1) is 9.85. The van der Waals surface area contributed by atoms with Gasteiger partial charge in [-0.05, 0) is 12.5 Å². The van der Waals surface area contributed by atoms with Gasteiger partial charge >= 0.3 is 0 Å². The second-order valence-corrected chi connectivity index (χ2v) is 4.20. The van der Waals surface area contributed by atoms with Crippen LogP contribution in [-0.4, -0.2) is 0 Å². The fraction of sp³-hybridized carbons (Fsp3) is 0.333. The third-order valence-electron chi connectivity index (χ3n) is 1.94. The summed E-state index contributed by atoms with van der Waals surface area (Å²) < 4.78 is 0. The summed E-state index contributed by atoms with van der Waals surface area (Å²) in [5.41, 5.74) is 8.96. The fourth-order valence-electron chi connectivity index (χ4n) is 1.39. The van der Waals surface area contributed by atoms with Gasteiger partial charge in [0.1, 0.15) is 0 Å². The average molecular weight is 175 g/mol. The van der Waals surface area contributed by atoms with Crippen molar-refractivity contribution in [2.24, 2.45) is 11.1 Å². The van der Waals surface area contributed by atoms with Gasteiger partial charge in [-0.3, -0.25) is 0 Å². The monoisotopic (exact) mass is 175 g/mol. The molecular formula is C12H17N. The van der Waals surface area contributed by atoms with Crippen molar-refractivity contribution in [3.05, 3.63) is 47.7 Å². The molecule has 0 aromatic rings. The van der Waals surface area contributed by atoms with Crippen molar-refractivity contribution in [1.29, 1.82) is 0 Å². The minimum absolute atomic E-state index is 0.0961. The van der Waals surface area contributed by atoms with E-state index in [1.165, 1.54) is 0 Å². The smallest absolute Gasteiger partial charge is 0.0352 e. The number of hydrogen-bond donors (Lipinski definition) is 1. The van der Waals surface area contributed by atoms with Gasteiger partial charge in [0.25, 0.3) is 0 Å². The Labute approximate surface area is 80.3 Å². The molecule has 0 radical (unpaired) electrons. The van der Waals surface area contributed by atoms with Gasteiger partial charge in [-0.2, -0.15) is 0 Å². The third-order valence-corrected chi connectivity index (χ3v) is 1.94. The van der Waals surface area contributed by atoms with Crippen molar-refractivity contribution in [1.82, 2.24) is 0 Å². The summed E-state index contributed by atoms with van der Waals surface area (Å²) >= 11 is 0. The zero-order valence-corrected chi connectivity index (χ0v) is 8.59. The Morgan fingerprint density at radius 1 is 1.46 bits per heavy atom. The minimum atomic E-state index is 0.0961. The Morgan fingerprint density at radius 2 is 2.08 bits per heavy atom. The first-order valence-electron chi connectivity index (χ1n) is 4.46. The van der Waals surface area contributed by atoms with E-state index in [0.29, 0.717) is 0 Å². The number of rotatable bonds is 2. The molecule has 1 aliphatic rings. The van der Waals surface area contributed by atoms with E-state index >= 15 is 0 Å². The van der Waals surface area contributed by atoms with Crippen LogP contribution in [0.1, 0.15) is 20.8 Å². The molecule has 13 heavy (non-hydrogen) atoms. The first-order chi connectivity index (χ1) is 5.91. The van der Waals surface area contributed by atoms with Crippen LogP contribution in [0.3, 0.4) is 0 Å². The molecule has 0 aromatic carbocycles. The zero-order valence-electron chi connectivity index (χ0n) is 8.59. The second-order valence-electron chi connectivity index (χ2n) is 4.20. The van der Waals surface area contributed by atoms with Crippen LogP contribution < -0.4 is 5.73 Å². The van der Waals surface area contributed by atoms with Gasteiger partial charge in [0.2, 0.25) is 0 Å². The number of allylic oxidation sites excluding steroid dienone is 5. The van der Waals surface area contributed by atoms with Crippen LogP contribution in [0.5, 0.6) is 0 Å². The molecule has 1 aliphatic carbocycles. The quantitative estimate of drug-likeness (QED) is 0.641. The normalized spacial score (nSPS) is 20.2. The molecule has 1 nitrogen and oxygen atoms in total. The van der Waals surface area contributed by atoms with Gasteiger partial charge in [0.15, 0.2) is 0 Å². The molecule has 1 rings (SSSR count). The maximum absolute atomic E-state index is 5.85. The summed E-state index contributed by atoms with van der Waals surface area (Å²) in [7, 11) is 0. The summed E-state index contributed by atoms with van der Waals surface area (Å²) in [5, 5.41) is 0. The lowest BCUT2D eigenvalue weighted by molar-refractivity contribution is 0.633. The van der Waals surface area contributed by atoms with Crippen LogP contribution in [0.25, 0.3) is 0 Å². The molecule has 2 N–H and O–H groups in total. The number of hydrogen-bond acceptors (Lipinski definition) is 1. The van der Waals surface area contributed by atoms with E-state index in [0.717, 1.165) is 16.8 Å². The summed E-state index contributed by atoms with van der Waals surface area (Å²) in [6.45, 7) is 10.1. The van der Waals surface area contributed by atoms with Gasteiger partial charge in [-0.15, -0.1) is 0 Å². The Hall–Kier alpha value is -1.24. The average Bonchev–Trinajstić information content (AvgIpc) is 2.20. The van der Waals surface area contributed by atoms with Crippen molar-refractivity contribution in [3.63, 3.8) is 0 Å². The highest BCUT2D eigenvalue weighted by Gasteiger charge is 2.19. The zero-order chi connectivity index (χ0) is 10.1. The molecule has 1 heteroatoms. The maximum atomic E-state index is 5.85. The molecule has 0 amide bonds. The lowest BCUT2D eigenvalue weighted by Crippen LogP contribution is -1.99. The van der Waals surface area contributed by atoms with Crippen molar-refractivity contribution >= 4 is 0 Å². The molecule has 0 aromatic heterocycles. The maximum Gasteiger partial charge on any atom is 0.0352 e. The second kappa shape index (κ2) is 3.25. The van der Waals surface area contributed by atoms with Gasteiger partial charge in [0.05, 0.1) is 0 Å². The topological polar surface area (TPSA) is 26.0 Å². The summed E-state index contributed by atoms with van der Waals surface area (Å²) in [6.07, 6.45) is 8.24. The lowest BCUT2D eigenvalue weighted by Gasteiger charge is -2.08. The molecule has 0 unspecified atom stereocenters. The molecule has 0 saturated carbocycles. The third kappa shape index (κ3) is 2.62. The predicted molar refractivity (Wildman–Crippen MR) is 58.1 cm³/mol. The minimum Gasteiger partial charge on any atom is -0.398 e. The molecule has 0 atom stereocenters. The molecular weight excluding hydrogens is 158 g/mol. The van der Waals surface area contributed by atoms with E-state index in [4.69, 9.17) is 5.73 Å². The Morgan fingerprint density at radius 3 is 2.46 bits per heavy atom. The van der Waals surface area contributed by atoms with Crippen LogP contribution in [0.2, 0.25) is 0 Å². The largest absolute Gasteiger partial charge is 0.398 e. The highest BCUT2D eigenvalue weighted by molar-refractivity contribution is 5.47. The standard InChI is InChI=1S/C12H17N/c1-9(2)5-6-10-7-12(3,4)8-11(10)13/h5-8H,1,13H2,2-4H3/b6-5-. The molecule has 0 heterocycles. The van der Waals surface area contributed by atoms with Crippen molar-refractivity contribution < 1.29 is 0 Å². The number of nitrogens with two attached hydrogens (primary N) is 1. The van der Waals surface area contributed by atoms with E-state index in [9.17, 15) is 0 Å². The molecule has 0 spiro atoms. The molecule has 70 valence electrons.